The minimum absolute atomic E-state index is 0.178. The monoisotopic (exact) mass is 497 g/mol. The van der Waals surface area contributed by atoms with E-state index in [1.807, 2.05) is 91.8 Å². The molecule has 0 N–H and O–H groups in total. The minimum atomic E-state index is -0.635. The predicted molar refractivity (Wildman–Crippen MR) is 145 cm³/mol. The van der Waals surface area contributed by atoms with Gasteiger partial charge < -0.3 is 9.64 Å². The number of aromatic nitrogens is 1. The largest absolute Gasteiger partial charge is 0.463 e. The average Bonchev–Trinajstić information content (AvgIpc) is 3.17. The molecule has 5 rings (SSSR count). The van der Waals surface area contributed by atoms with E-state index < -0.39 is 12.0 Å². The van der Waals surface area contributed by atoms with Crippen LogP contribution < -0.4 is 19.8 Å². The van der Waals surface area contributed by atoms with Crippen molar-refractivity contribution in [3.05, 3.63) is 109 Å². The molecule has 3 aromatic carbocycles. The molecule has 182 valence electrons. The third-order valence-corrected chi connectivity index (χ3v) is 7.33. The van der Waals surface area contributed by atoms with Crippen molar-refractivity contribution in [3.63, 3.8) is 0 Å². The van der Waals surface area contributed by atoms with Gasteiger partial charge in [0.2, 0.25) is 0 Å². The van der Waals surface area contributed by atoms with Crippen LogP contribution in [0.1, 0.15) is 31.0 Å². The number of fused-ring (bicyclic) bond motifs is 2. The molecular weight excluding hydrogens is 470 g/mol. The van der Waals surface area contributed by atoms with Crippen molar-refractivity contribution >= 4 is 39.8 Å². The molecule has 0 saturated carbocycles. The Labute approximate surface area is 213 Å². The molecule has 0 amide bonds. The van der Waals surface area contributed by atoms with Crippen molar-refractivity contribution in [2.24, 2.45) is 4.99 Å². The van der Waals surface area contributed by atoms with Crippen LogP contribution in [0.2, 0.25) is 0 Å². The summed E-state index contributed by atoms with van der Waals surface area (Å²) < 4.78 is 7.63. The summed E-state index contributed by atoms with van der Waals surface area (Å²) >= 11 is 1.33. The van der Waals surface area contributed by atoms with Crippen LogP contribution in [0.15, 0.2) is 87.8 Å². The Morgan fingerprint density at radius 2 is 1.81 bits per heavy atom. The summed E-state index contributed by atoms with van der Waals surface area (Å²) in [5.74, 6) is -0.453. The fourth-order valence-corrected chi connectivity index (χ4v) is 5.64. The number of hydrogen-bond acceptors (Lipinski definition) is 6. The normalized spacial score (nSPS) is 15.6. The number of carbonyl (C=O) groups excluding carboxylic acids is 1. The van der Waals surface area contributed by atoms with Crippen molar-refractivity contribution in [1.29, 1.82) is 0 Å². The first-order valence-electron chi connectivity index (χ1n) is 11.8. The molecule has 0 radical (unpaired) electrons. The van der Waals surface area contributed by atoms with Gasteiger partial charge in [0.1, 0.15) is 0 Å². The van der Waals surface area contributed by atoms with E-state index in [0.717, 1.165) is 27.6 Å². The number of ether oxygens (including phenoxy) is 1. The smallest absolute Gasteiger partial charge is 0.338 e. The molecular formula is C29H27N3O3S. The van der Waals surface area contributed by atoms with Crippen LogP contribution in [-0.2, 0) is 9.53 Å². The van der Waals surface area contributed by atoms with Gasteiger partial charge in [-0.15, -0.1) is 0 Å². The van der Waals surface area contributed by atoms with Gasteiger partial charge in [-0.05, 0) is 54.0 Å². The second-order valence-electron chi connectivity index (χ2n) is 8.86. The zero-order valence-electron chi connectivity index (χ0n) is 20.7. The molecule has 6 nitrogen and oxygen atoms in total. The van der Waals surface area contributed by atoms with E-state index in [2.05, 4.69) is 4.99 Å². The van der Waals surface area contributed by atoms with Crippen molar-refractivity contribution in [1.82, 2.24) is 4.57 Å². The summed E-state index contributed by atoms with van der Waals surface area (Å²) in [6.45, 7) is 3.82. The summed E-state index contributed by atoms with van der Waals surface area (Å²) in [6, 6.07) is 21.3. The van der Waals surface area contributed by atoms with E-state index in [0.29, 0.717) is 20.6 Å². The third kappa shape index (κ3) is 4.16. The third-order valence-electron chi connectivity index (χ3n) is 6.34. The van der Waals surface area contributed by atoms with Crippen molar-refractivity contribution in [2.45, 2.75) is 19.9 Å². The van der Waals surface area contributed by atoms with Gasteiger partial charge in [0.05, 0.1) is 28.5 Å². The highest BCUT2D eigenvalue weighted by Gasteiger charge is 2.34. The van der Waals surface area contributed by atoms with Gasteiger partial charge in [-0.1, -0.05) is 65.9 Å². The fourth-order valence-electron chi connectivity index (χ4n) is 4.59. The molecule has 1 aliphatic rings. The Kier molecular flexibility index (Phi) is 6.33. The van der Waals surface area contributed by atoms with Gasteiger partial charge >= 0.3 is 5.97 Å². The SMILES string of the molecule is CCOC(=O)C1=C(C)N=c2s/c(=C/c3ccc(N(C)C)cc3)c(=O)n2[C@H]1c1cccc2ccccc12. The van der Waals surface area contributed by atoms with Gasteiger partial charge in [-0.25, -0.2) is 9.79 Å². The van der Waals surface area contributed by atoms with Gasteiger partial charge in [0.15, 0.2) is 4.80 Å². The van der Waals surface area contributed by atoms with E-state index in [-0.39, 0.29) is 12.2 Å². The minimum Gasteiger partial charge on any atom is -0.463 e. The molecule has 0 saturated heterocycles. The van der Waals surface area contributed by atoms with Crippen molar-refractivity contribution in [2.75, 3.05) is 25.6 Å². The number of rotatable bonds is 5. The van der Waals surface area contributed by atoms with Crippen LogP contribution in [0.25, 0.3) is 16.8 Å². The quantitative estimate of drug-likeness (QED) is 0.391. The highest BCUT2D eigenvalue weighted by Crippen LogP contribution is 2.34. The Morgan fingerprint density at radius 3 is 2.53 bits per heavy atom. The van der Waals surface area contributed by atoms with Crippen molar-refractivity contribution < 1.29 is 9.53 Å². The maximum Gasteiger partial charge on any atom is 0.338 e. The molecule has 4 aromatic rings. The number of esters is 1. The Hall–Kier alpha value is -3.97. The van der Waals surface area contributed by atoms with Crippen LogP contribution in [0.4, 0.5) is 5.69 Å². The standard InChI is InChI=1S/C29H27N3O3S/c1-5-35-28(34)25-18(2)30-29-32(26(25)23-12-8-10-20-9-6-7-11-22(20)23)27(33)24(36-29)17-19-13-15-21(16-14-19)31(3)4/h6-17,26H,5H2,1-4H3/b24-17+/t26-/m0/s1. The highest BCUT2D eigenvalue weighted by molar-refractivity contribution is 7.07. The number of nitrogens with zero attached hydrogens (tertiary/aromatic N) is 3. The second kappa shape index (κ2) is 9.59. The molecule has 0 fully saturated rings. The first-order chi connectivity index (χ1) is 17.4. The van der Waals surface area contributed by atoms with Crippen LogP contribution in [0.3, 0.4) is 0 Å². The number of allylic oxidation sites excluding steroid dienone is 1. The number of thiazole rings is 1. The number of anilines is 1. The molecule has 1 aromatic heterocycles. The number of carbonyl (C=O) groups is 1. The predicted octanol–water partition coefficient (Wildman–Crippen LogP) is 4.02. The van der Waals surface area contributed by atoms with Gasteiger partial charge in [0.25, 0.3) is 5.56 Å². The summed E-state index contributed by atoms with van der Waals surface area (Å²) in [4.78, 5) is 34.3. The first-order valence-corrected chi connectivity index (χ1v) is 12.7. The van der Waals surface area contributed by atoms with Crippen LogP contribution in [-0.4, -0.2) is 31.2 Å². The molecule has 0 aliphatic carbocycles. The summed E-state index contributed by atoms with van der Waals surface area (Å²) in [6.07, 6.45) is 1.88. The van der Waals surface area contributed by atoms with Crippen LogP contribution in [0.5, 0.6) is 0 Å². The topological polar surface area (TPSA) is 63.9 Å². The Balaban J connectivity index is 1.75. The number of benzene rings is 3. The van der Waals surface area contributed by atoms with Gasteiger partial charge in [0, 0.05) is 19.8 Å². The zero-order chi connectivity index (χ0) is 25.4. The summed E-state index contributed by atoms with van der Waals surface area (Å²) in [5, 5.41) is 2.02. The lowest BCUT2D eigenvalue weighted by Gasteiger charge is -2.25. The molecule has 2 heterocycles. The van der Waals surface area contributed by atoms with Crippen LogP contribution in [0, 0.1) is 0 Å². The maximum atomic E-state index is 13.8. The molecule has 1 aliphatic heterocycles. The fraction of sp³-hybridized carbons (Fsp3) is 0.207. The van der Waals surface area contributed by atoms with Crippen LogP contribution >= 0.6 is 11.3 Å². The van der Waals surface area contributed by atoms with E-state index >= 15 is 0 Å². The Morgan fingerprint density at radius 1 is 1.08 bits per heavy atom. The molecule has 0 spiro atoms. The van der Waals surface area contributed by atoms with E-state index in [4.69, 9.17) is 4.74 Å². The van der Waals surface area contributed by atoms with E-state index in [1.54, 1.807) is 18.4 Å². The zero-order valence-corrected chi connectivity index (χ0v) is 21.5. The molecule has 7 heteroatoms. The number of hydrogen-bond donors (Lipinski definition) is 0. The lowest BCUT2D eigenvalue weighted by molar-refractivity contribution is -0.139. The van der Waals surface area contributed by atoms with E-state index in [9.17, 15) is 9.59 Å². The molecule has 36 heavy (non-hydrogen) atoms. The molecule has 0 unspecified atom stereocenters. The molecule has 0 bridgehead atoms. The maximum absolute atomic E-state index is 13.8. The molecule has 1 atom stereocenters. The van der Waals surface area contributed by atoms with Crippen molar-refractivity contribution in [3.8, 4) is 0 Å². The summed E-state index contributed by atoms with van der Waals surface area (Å²) in [5.41, 5.74) is 3.65. The average molecular weight is 498 g/mol. The highest BCUT2D eigenvalue weighted by atomic mass is 32.1. The summed E-state index contributed by atoms with van der Waals surface area (Å²) in [7, 11) is 3.98. The van der Waals surface area contributed by atoms with Gasteiger partial charge in [-0.3, -0.25) is 9.36 Å². The first kappa shape index (κ1) is 23.8. The van der Waals surface area contributed by atoms with E-state index in [1.165, 1.54) is 11.3 Å². The lowest BCUT2D eigenvalue weighted by atomic mass is 9.91. The lowest BCUT2D eigenvalue weighted by Crippen LogP contribution is -2.40. The second-order valence-corrected chi connectivity index (χ2v) is 9.87. The van der Waals surface area contributed by atoms with Gasteiger partial charge in [-0.2, -0.15) is 0 Å². The Bertz CT molecular complexity index is 1670.